The van der Waals surface area contributed by atoms with E-state index in [1.807, 2.05) is 23.0 Å². The van der Waals surface area contributed by atoms with Crippen LogP contribution in [0, 0.1) is 0 Å². The summed E-state index contributed by atoms with van der Waals surface area (Å²) in [7, 11) is 0. The number of aromatic nitrogens is 2. The molecule has 0 aliphatic heterocycles. The first-order valence-corrected chi connectivity index (χ1v) is 5.52. The summed E-state index contributed by atoms with van der Waals surface area (Å²) in [5, 5.41) is 5.42. The normalized spacial score (nSPS) is 10.1. The average Bonchev–Trinajstić information content (AvgIpc) is 2.68. The lowest BCUT2D eigenvalue weighted by atomic mass is 10.2. The molecule has 2 rings (SSSR count). The second kappa shape index (κ2) is 5.03. The van der Waals surface area contributed by atoms with Crippen molar-refractivity contribution < 1.29 is 4.68 Å². The highest BCUT2D eigenvalue weighted by Gasteiger charge is 2.11. The summed E-state index contributed by atoms with van der Waals surface area (Å²) in [6, 6.07) is 8.20. The van der Waals surface area contributed by atoms with Gasteiger partial charge in [0.2, 0.25) is 6.20 Å². The Morgan fingerprint density at radius 3 is 2.60 bits per heavy atom. The molecule has 0 aliphatic carbocycles. The predicted molar refractivity (Wildman–Crippen MR) is 64.5 cm³/mol. The van der Waals surface area contributed by atoms with E-state index in [9.17, 15) is 0 Å². The van der Waals surface area contributed by atoms with Gasteiger partial charge in [0.1, 0.15) is 0 Å². The van der Waals surface area contributed by atoms with Crippen LogP contribution in [0.5, 0.6) is 0 Å². The second-order valence-electron chi connectivity index (χ2n) is 3.47. The molecule has 2 heterocycles. The van der Waals surface area contributed by atoms with Gasteiger partial charge >= 0.3 is 0 Å². The molecule has 0 radical (unpaired) electrons. The molecule has 2 aromatic rings. The molecule has 0 bridgehead atoms. The molecule has 0 saturated carbocycles. The Balaban J connectivity index is 0.00000112. The van der Waals surface area contributed by atoms with Gasteiger partial charge in [0.15, 0.2) is 0 Å². The molecule has 0 atom stereocenters. The van der Waals surface area contributed by atoms with Gasteiger partial charge in [-0.05, 0) is 27.8 Å². The van der Waals surface area contributed by atoms with E-state index in [-0.39, 0.29) is 7.43 Å². The number of hydrogen-bond donors (Lipinski definition) is 0. The van der Waals surface area contributed by atoms with Gasteiger partial charge in [0, 0.05) is 17.0 Å². The van der Waals surface area contributed by atoms with E-state index in [0.717, 1.165) is 0 Å². The topological polar surface area (TPSA) is 16.8 Å². The van der Waals surface area contributed by atoms with Crippen molar-refractivity contribution in [2.45, 2.75) is 27.2 Å². The molecule has 0 N–H and O–H groups in total. The maximum Gasteiger partial charge on any atom is 0.293 e. The highest BCUT2D eigenvalue weighted by atomic mass is 32.1. The molecule has 80 valence electrons. The molecular formula is C12H17N2S+. The molecule has 2 nitrogen and oxygen atoms in total. The largest absolute Gasteiger partial charge is 0.293 e. The first-order valence-electron chi connectivity index (χ1n) is 4.70. The fourth-order valence-corrected chi connectivity index (χ4v) is 2.19. The molecule has 0 aliphatic rings. The quantitative estimate of drug-likeness (QED) is 0.712. The summed E-state index contributed by atoms with van der Waals surface area (Å²) in [5.41, 5.74) is 0. The Labute approximate surface area is 95.2 Å². The van der Waals surface area contributed by atoms with Crippen molar-refractivity contribution in [1.29, 1.82) is 0 Å². The summed E-state index contributed by atoms with van der Waals surface area (Å²) < 4.78 is 1.90. The number of thiophene rings is 1. The van der Waals surface area contributed by atoms with Gasteiger partial charge in [0.25, 0.3) is 5.00 Å². The zero-order valence-corrected chi connectivity index (χ0v) is 9.16. The first kappa shape index (κ1) is 11.9. The van der Waals surface area contributed by atoms with Crippen molar-refractivity contribution in [3.05, 3.63) is 41.5 Å². The minimum atomic E-state index is 0. The van der Waals surface area contributed by atoms with Gasteiger partial charge in [-0.1, -0.05) is 32.6 Å². The van der Waals surface area contributed by atoms with Crippen LogP contribution in [-0.4, -0.2) is 5.10 Å². The Morgan fingerprint density at radius 2 is 2.07 bits per heavy atom. The van der Waals surface area contributed by atoms with Crippen molar-refractivity contribution in [3.63, 3.8) is 0 Å². The van der Waals surface area contributed by atoms with Gasteiger partial charge in [-0.25, -0.2) is 0 Å². The monoisotopic (exact) mass is 221 g/mol. The van der Waals surface area contributed by atoms with Gasteiger partial charge in [-0.2, -0.15) is 0 Å². The standard InChI is InChI=1S/C11H13N2S.CH4/c1-9(2)10-5-6-11(14-10)13-8-4-3-7-12-13;/h3-9H,1-2H3;1H4/q+1;. The molecule has 0 spiro atoms. The molecular weight excluding hydrogens is 204 g/mol. The van der Waals surface area contributed by atoms with Crippen LogP contribution in [0.1, 0.15) is 32.1 Å². The Bertz CT molecular complexity index is 407. The summed E-state index contributed by atoms with van der Waals surface area (Å²) in [6.07, 6.45) is 3.77. The van der Waals surface area contributed by atoms with E-state index in [0.29, 0.717) is 5.92 Å². The van der Waals surface area contributed by atoms with E-state index in [4.69, 9.17) is 0 Å². The molecule has 15 heavy (non-hydrogen) atoms. The number of hydrogen-bond acceptors (Lipinski definition) is 2. The molecule has 3 heteroatoms. The molecule has 0 fully saturated rings. The van der Waals surface area contributed by atoms with E-state index in [1.165, 1.54) is 9.88 Å². The van der Waals surface area contributed by atoms with Crippen molar-refractivity contribution in [2.75, 3.05) is 0 Å². The Hall–Kier alpha value is -1.22. The lowest BCUT2D eigenvalue weighted by molar-refractivity contribution is -0.656. The molecule has 0 unspecified atom stereocenters. The van der Waals surface area contributed by atoms with Crippen LogP contribution in [-0.2, 0) is 0 Å². The number of rotatable bonds is 2. The van der Waals surface area contributed by atoms with Crippen LogP contribution < -0.4 is 4.68 Å². The third kappa shape index (κ3) is 2.63. The maximum atomic E-state index is 4.25. The summed E-state index contributed by atoms with van der Waals surface area (Å²) >= 11 is 1.79. The summed E-state index contributed by atoms with van der Waals surface area (Å²) in [6.45, 7) is 4.41. The van der Waals surface area contributed by atoms with E-state index in [2.05, 4.69) is 31.1 Å². The molecule has 2 aromatic heterocycles. The lowest BCUT2D eigenvalue weighted by Crippen LogP contribution is -2.32. The summed E-state index contributed by atoms with van der Waals surface area (Å²) in [5.74, 6) is 0.595. The van der Waals surface area contributed by atoms with Gasteiger partial charge in [-0.15, -0.1) is 0 Å². The van der Waals surface area contributed by atoms with Crippen molar-refractivity contribution >= 4 is 11.3 Å². The zero-order chi connectivity index (χ0) is 9.97. The van der Waals surface area contributed by atoms with Crippen LogP contribution in [0.25, 0.3) is 5.00 Å². The highest BCUT2D eigenvalue weighted by molar-refractivity contribution is 7.14. The average molecular weight is 221 g/mol. The SMILES string of the molecule is C.CC(C)c1ccc(-[n+]2ccccn2)s1. The Kier molecular flexibility index (Phi) is 3.97. The van der Waals surface area contributed by atoms with E-state index < -0.39 is 0 Å². The van der Waals surface area contributed by atoms with E-state index >= 15 is 0 Å². The molecule has 0 amide bonds. The minimum absolute atomic E-state index is 0. The van der Waals surface area contributed by atoms with Crippen LogP contribution >= 0.6 is 11.3 Å². The van der Waals surface area contributed by atoms with Crippen LogP contribution in [0.15, 0.2) is 36.7 Å². The van der Waals surface area contributed by atoms with Gasteiger partial charge in [0.05, 0.1) is 6.20 Å². The van der Waals surface area contributed by atoms with Crippen molar-refractivity contribution in [1.82, 2.24) is 5.10 Å². The fraction of sp³-hybridized carbons (Fsp3) is 0.333. The maximum absolute atomic E-state index is 4.25. The molecule has 0 aromatic carbocycles. The zero-order valence-electron chi connectivity index (χ0n) is 8.34. The highest BCUT2D eigenvalue weighted by Crippen LogP contribution is 2.23. The predicted octanol–water partition coefficient (Wildman–Crippen LogP) is 3.18. The number of nitrogens with zero attached hydrogens (tertiary/aromatic N) is 2. The second-order valence-corrected chi connectivity index (χ2v) is 4.57. The van der Waals surface area contributed by atoms with Crippen LogP contribution in [0.4, 0.5) is 0 Å². The van der Waals surface area contributed by atoms with Crippen LogP contribution in [0.2, 0.25) is 0 Å². The minimum Gasteiger partial charge on any atom is -0.0776 e. The fourth-order valence-electron chi connectivity index (χ4n) is 1.24. The summed E-state index contributed by atoms with van der Waals surface area (Å²) in [4.78, 5) is 1.40. The van der Waals surface area contributed by atoms with E-state index in [1.54, 1.807) is 17.5 Å². The van der Waals surface area contributed by atoms with Crippen LogP contribution in [0.3, 0.4) is 0 Å². The van der Waals surface area contributed by atoms with Gasteiger partial charge in [-0.3, -0.25) is 0 Å². The van der Waals surface area contributed by atoms with Gasteiger partial charge < -0.3 is 0 Å². The first-order chi connectivity index (χ1) is 6.77. The lowest BCUT2D eigenvalue weighted by Gasteiger charge is -1.95. The van der Waals surface area contributed by atoms with Crippen molar-refractivity contribution in [3.8, 4) is 5.00 Å². The molecule has 0 saturated heterocycles. The van der Waals surface area contributed by atoms with Crippen molar-refractivity contribution in [2.24, 2.45) is 0 Å². The third-order valence-corrected chi connectivity index (χ3v) is 3.40. The smallest absolute Gasteiger partial charge is 0.0776 e. The Morgan fingerprint density at radius 1 is 1.27 bits per heavy atom. The third-order valence-electron chi connectivity index (χ3n) is 2.02.